The minimum Gasteiger partial charge on any atom is -0.465 e. The van der Waals surface area contributed by atoms with Crippen molar-refractivity contribution in [1.82, 2.24) is 0 Å². The van der Waals surface area contributed by atoms with Crippen LogP contribution < -0.4 is 0 Å². The SMILES string of the molecule is COC(=O)c1cccc([N+](=O)[O-])c1C=C[Si](C)(C)C. The molecule has 6 heteroatoms. The predicted octanol–water partition coefficient (Wildman–Crippen LogP) is 3.27. The van der Waals surface area contributed by atoms with Crippen LogP contribution in [-0.2, 0) is 4.74 Å². The van der Waals surface area contributed by atoms with Crippen LogP contribution in [-0.4, -0.2) is 26.1 Å². The summed E-state index contributed by atoms with van der Waals surface area (Å²) in [6.07, 6.45) is 1.66. The topological polar surface area (TPSA) is 69.4 Å². The highest BCUT2D eigenvalue weighted by atomic mass is 28.3. The van der Waals surface area contributed by atoms with E-state index in [4.69, 9.17) is 0 Å². The summed E-state index contributed by atoms with van der Waals surface area (Å²) >= 11 is 0. The number of esters is 1. The predicted molar refractivity (Wildman–Crippen MR) is 76.8 cm³/mol. The Hall–Kier alpha value is -1.95. The van der Waals surface area contributed by atoms with Gasteiger partial charge < -0.3 is 4.74 Å². The molecule has 0 unspecified atom stereocenters. The van der Waals surface area contributed by atoms with Crippen LogP contribution in [0, 0.1) is 10.1 Å². The van der Waals surface area contributed by atoms with Crippen molar-refractivity contribution >= 4 is 25.8 Å². The van der Waals surface area contributed by atoms with Crippen LogP contribution >= 0.6 is 0 Å². The van der Waals surface area contributed by atoms with E-state index in [1.165, 1.54) is 25.3 Å². The first-order chi connectivity index (χ1) is 8.76. The van der Waals surface area contributed by atoms with Crippen molar-refractivity contribution in [3.05, 3.63) is 45.1 Å². The average molecular weight is 279 g/mol. The second-order valence-corrected chi connectivity index (χ2v) is 10.3. The average Bonchev–Trinajstić information content (AvgIpc) is 2.33. The van der Waals surface area contributed by atoms with Gasteiger partial charge in [0.15, 0.2) is 0 Å². The van der Waals surface area contributed by atoms with E-state index in [2.05, 4.69) is 24.4 Å². The highest BCUT2D eigenvalue weighted by Crippen LogP contribution is 2.25. The van der Waals surface area contributed by atoms with E-state index < -0.39 is 19.0 Å². The summed E-state index contributed by atoms with van der Waals surface area (Å²) < 4.78 is 4.66. The molecule has 0 saturated carbocycles. The van der Waals surface area contributed by atoms with Crippen LogP contribution in [0.1, 0.15) is 15.9 Å². The van der Waals surface area contributed by atoms with E-state index in [0.717, 1.165) is 0 Å². The first-order valence-corrected chi connectivity index (χ1v) is 9.39. The van der Waals surface area contributed by atoms with Gasteiger partial charge in [-0.2, -0.15) is 0 Å². The van der Waals surface area contributed by atoms with Crippen molar-refractivity contribution in [2.75, 3.05) is 7.11 Å². The Kier molecular flexibility index (Phi) is 4.60. The van der Waals surface area contributed by atoms with Gasteiger partial charge in [-0.15, -0.1) is 0 Å². The number of methoxy groups -OCH3 is 1. The second-order valence-electron chi connectivity index (χ2n) is 5.19. The number of hydrogen-bond donors (Lipinski definition) is 0. The van der Waals surface area contributed by atoms with Crippen LogP contribution in [0.3, 0.4) is 0 Å². The molecular formula is C13H17NO4Si. The molecule has 1 rings (SSSR count). The Morgan fingerprint density at radius 3 is 2.47 bits per heavy atom. The first kappa shape index (κ1) is 15.1. The third kappa shape index (κ3) is 4.03. The number of nitrogens with zero attached hydrogens (tertiary/aromatic N) is 1. The number of benzene rings is 1. The van der Waals surface area contributed by atoms with Gasteiger partial charge in [-0.3, -0.25) is 10.1 Å². The molecular weight excluding hydrogens is 262 g/mol. The maximum absolute atomic E-state index is 11.7. The quantitative estimate of drug-likeness (QED) is 0.367. The molecule has 0 N–H and O–H groups in total. The first-order valence-electron chi connectivity index (χ1n) is 5.81. The van der Waals surface area contributed by atoms with E-state index in [-0.39, 0.29) is 11.3 Å². The van der Waals surface area contributed by atoms with Crippen molar-refractivity contribution in [2.24, 2.45) is 0 Å². The van der Waals surface area contributed by atoms with Gasteiger partial charge in [-0.25, -0.2) is 4.79 Å². The summed E-state index contributed by atoms with van der Waals surface area (Å²) in [5, 5.41) is 11.0. The summed E-state index contributed by atoms with van der Waals surface area (Å²) in [6.45, 7) is 6.32. The molecule has 0 radical (unpaired) electrons. The molecule has 5 nitrogen and oxygen atoms in total. The third-order valence-electron chi connectivity index (χ3n) is 2.44. The number of carbonyl (C=O) groups excluding carboxylic acids is 1. The van der Waals surface area contributed by atoms with Gasteiger partial charge in [-0.05, 0) is 6.07 Å². The second kappa shape index (κ2) is 5.79. The largest absolute Gasteiger partial charge is 0.465 e. The molecule has 0 aliphatic rings. The molecule has 0 aliphatic carbocycles. The number of ether oxygens (including phenoxy) is 1. The lowest BCUT2D eigenvalue weighted by molar-refractivity contribution is -0.385. The van der Waals surface area contributed by atoms with Crippen LogP contribution in [0.4, 0.5) is 5.69 Å². The summed E-state index contributed by atoms with van der Waals surface area (Å²) in [5.41, 5.74) is 2.40. The zero-order chi connectivity index (χ0) is 14.6. The van der Waals surface area contributed by atoms with Crippen LogP contribution in [0.15, 0.2) is 23.9 Å². The third-order valence-corrected chi connectivity index (χ3v) is 3.60. The maximum Gasteiger partial charge on any atom is 0.338 e. The summed E-state index contributed by atoms with van der Waals surface area (Å²) in [7, 11) is -0.264. The molecule has 0 fully saturated rings. The minimum atomic E-state index is -1.52. The van der Waals surface area contributed by atoms with E-state index in [9.17, 15) is 14.9 Å². The van der Waals surface area contributed by atoms with Crippen LogP contribution in [0.2, 0.25) is 19.6 Å². The van der Waals surface area contributed by atoms with Crippen molar-refractivity contribution in [1.29, 1.82) is 0 Å². The minimum absolute atomic E-state index is 0.0857. The van der Waals surface area contributed by atoms with Crippen LogP contribution in [0.5, 0.6) is 0 Å². The molecule has 1 aromatic rings. The molecule has 0 saturated heterocycles. The van der Waals surface area contributed by atoms with E-state index >= 15 is 0 Å². The molecule has 102 valence electrons. The monoisotopic (exact) mass is 279 g/mol. The lowest BCUT2D eigenvalue weighted by Gasteiger charge is -2.10. The van der Waals surface area contributed by atoms with Gasteiger partial charge in [0.2, 0.25) is 0 Å². The zero-order valence-electron chi connectivity index (χ0n) is 11.5. The molecule has 0 bridgehead atoms. The van der Waals surface area contributed by atoms with Crippen LogP contribution in [0.25, 0.3) is 6.08 Å². The normalized spacial score (nSPS) is 11.6. The molecule has 0 aromatic heterocycles. The number of rotatable bonds is 4. The Bertz CT molecular complexity index is 532. The summed E-state index contributed by atoms with van der Waals surface area (Å²) in [6, 6.07) is 4.40. The maximum atomic E-state index is 11.7. The molecule has 0 aliphatic heterocycles. The standard InChI is InChI=1S/C13H17NO4Si/c1-18-13(15)11-6-5-7-12(14(16)17)10(11)8-9-19(2,3)4/h5-9H,1-4H3. The molecule has 0 spiro atoms. The van der Waals surface area contributed by atoms with E-state index in [1.807, 2.05) is 5.70 Å². The molecule has 0 atom stereocenters. The molecule has 19 heavy (non-hydrogen) atoms. The highest BCUT2D eigenvalue weighted by molar-refractivity contribution is 6.81. The molecule has 1 aromatic carbocycles. The van der Waals surface area contributed by atoms with Crippen molar-refractivity contribution in [3.8, 4) is 0 Å². The Labute approximate surface area is 113 Å². The fourth-order valence-corrected chi connectivity index (χ4v) is 2.18. The zero-order valence-corrected chi connectivity index (χ0v) is 12.5. The number of nitro groups is 1. The van der Waals surface area contributed by atoms with Gasteiger partial charge >= 0.3 is 5.97 Å². The highest BCUT2D eigenvalue weighted by Gasteiger charge is 2.20. The van der Waals surface area contributed by atoms with Crippen molar-refractivity contribution in [3.63, 3.8) is 0 Å². The van der Waals surface area contributed by atoms with E-state index in [1.54, 1.807) is 6.08 Å². The summed E-state index contributed by atoms with van der Waals surface area (Å²) in [4.78, 5) is 22.2. The summed E-state index contributed by atoms with van der Waals surface area (Å²) in [5.74, 6) is -0.570. The Balaban J connectivity index is 3.42. The lowest BCUT2D eigenvalue weighted by Crippen LogP contribution is -2.15. The van der Waals surface area contributed by atoms with Crippen molar-refractivity contribution in [2.45, 2.75) is 19.6 Å². The Morgan fingerprint density at radius 2 is 2.00 bits per heavy atom. The molecule has 0 heterocycles. The smallest absolute Gasteiger partial charge is 0.338 e. The van der Waals surface area contributed by atoms with Gasteiger partial charge in [0.25, 0.3) is 5.69 Å². The molecule has 0 amide bonds. The van der Waals surface area contributed by atoms with E-state index in [0.29, 0.717) is 5.56 Å². The van der Waals surface area contributed by atoms with Gasteiger partial charge in [0.1, 0.15) is 0 Å². The van der Waals surface area contributed by atoms with Gasteiger partial charge in [-0.1, -0.05) is 37.5 Å². The van der Waals surface area contributed by atoms with Gasteiger partial charge in [0, 0.05) is 6.07 Å². The number of carbonyl (C=O) groups is 1. The fraction of sp³-hybridized carbons (Fsp3) is 0.308. The lowest BCUT2D eigenvalue weighted by atomic mass is 10.1. The number of hydrogen-bond acceptors (Lipinski definition) is 4. The van der Waals surface area contributed by atoms with Crippen molar-refractivity contribution < 1.29 is 14.5 Å². The van der Waals surface area contributed by atoms with Gasteiger partial charge in [0.05, 0.1) is 31.2 Å². The Morgan fingerprint density at radius 1 is 1.37 bits per heavy atom. The number of nitro benzene ring substituents is 1. The fourth-order valence-electron chi connectivity index (χ4n) is 1.51.